The third kappa shape index (κ3) is 4.83. The van der Waals surface area contributed by atoms with E-state index in [1.807, 2.05) is 32.0 Å². The number of pyridine rings is 1. The first-order chi connectivity index (χ1) is 15.9. The first-order valence-electron chi connectivity index (χ1n) is 11.7. The zero-order valence-corrected chi connectivity index (χ0v) is 19.7. The maximum Gasteiger partial charge on any atom is 0.315 e. The van der Waals surface area contributed by atoms with Crippen molar-refractivity contribution in [3.8, 4) is 5.75 Å². The summed E-state index contributed by atoms with van der Waals surface area (Å²) in [5.74, 6) is 2.68. The average Bonchev–Trinajstić information content (AvgIpc) is 3.16. The van der Waals surface area contributed by atoms with Crippen LogP contribution in [0.4, 0.5) is 10.6 Å². The van der Waals surface area contributed by atoms with Crippen molar-refractivity contribution in [1.29, 1.82) is 0 Å². The Morgan fingerprint density at radius 3 is 2.73 bits per heavy atom. The van der Waals surface area contributed by atoms with Gasteiger partial charge in [-0.05, 0) is 44.7 Å². The van der Waals surface area contributed by atoms with Crippen LogP contribution in [0.25, 0.3) is 21.9 Å². The maximum absolute atomic E-state index is 11.6. The van der Waals surface area contributed by atoms with E-state index in [0.717, 1.165) is 66.8 Å². The van der Waals surface area contributed by atoms with Crippen molar-refractivity contribution < 1.29 is 14.3 Å². The van der Waals surface area contributed by atoms with E-state index in [0.29, 0.717) is 30.6 Å². The van der Waals surface area contributed by atoms with E-state index in [1.165, 1.54) is 0 Å². The number of nitrogens with zero attached hydrogens (tertiary/aromatic N) is 4. The number of anilines is 1. The summed E-state index contributed by atoms with van der Waals surface area (Å²) in [5.41, 5.74) is 14.4. The van der Waals surface area contributed by atoms with Crippen LogP contribution in [0.1, 0.15) is 39.4 Å². The molecule has 9 nitrogen and oxygen atoms in total. The second-order valence-electron chi connectivity index (χ2n) is 8.89. The van der Waals surface area contributed by atoms with Crippen LogP contribution >= 0.6 is 0 Å². The lowest BCUT2D eigenvalue weighted by Crippen LogP contribution is -2.43. The topological polar surface area (TPSA) is 122 Å². The van der Waals surface area contributed by atoms with Crippen LogP contribution in [-0.2, 0) is 17.7 Å². The van der Waals surface area contributed by atoms with Crippen LogP contribution in [0.3, 0.4) is 0 Å². The largest absolute Gasteiger partial charge is 0.492 e. The van der Waals surface area contributed by atoms with Crippen molar-refractivity contribution in [3.63, 3.8) is 0 Å². The Bertz CT molecular complexity index is 1140. The van der Waals surface area contributed by atoms with Crippen LogP contribution in [0.15, 0.2) is 18.2 Å². The van der Waals surface area contributed by atoms with E-state index in [1.54, 1.807) is 4.90 Å². The second kappa shape index (κ2) is 9.82. The lowest BCUT2D eigenvalue weighted by Gasteiger charge is -2.24. The SMILES string of the molecule is CCc1nc2c(N)nc3cc(OCCN(C(N)=O)C(C)C)ccc3c2n1CC1CCOCC1. The van der Waals surface area contributed by atoms with Gasteiger partial charge in [0.05, 0.1) is 17.6 Å². The smallest absolute Gasteiger partial charge is 0.315 e. The molecule has 2 aromatic heterocycles. The highest BCUT2D eigenvalue weighted by atomic mass is 16.5. The predicted molar refractivity (Wildman–Crippen MR) is 129 cm³/mol. The number of ether oxygens (including phenoxy) is 2. The number of imidazole rings is 1. The van der Waals surface area contributed by atoms with Crippen molar-refractivity contribution in [2.24, 2.45) is 11.7 Å². The Hall–Kier alpha value is -3.07. The number of hydrogen-bond acceptors (Lipinski definition) is 6. The Morgan fingerprint density at radius 2 is 2.06 bits per heavy atom. The molecule has 3 heterocycles. The number of carbonyl (C=O) groups is 1. The average molecular weight is 455 g/mol. The number of aromatic nitrogens is 3. The number of hydrogen-bond donors (Lipinski definition) is 2. The number of primary amides is 1. The molecule has 1 aromatic carbocycles. The Morgan fingerprint density at radius 1 is 1.30 bits per heavy atom. The zero-order valence-electron chi connectivity index (χ0n) is 19.7. The molecule has 0 spiro atoms. The lowest BCUT2D eigenvalue weighted by molar-refractivity contribution is 0.0614. The van der Waals surface area contributed by atoms with Crippen LogP contribution < -0.4 is 16.2 Å². The molecule has 1 saturated heterocycles. The van der Waals surface area contributed by atoms with Crippen LogP contribution in [0.2, 0.25) is 0 Å². The molecule has 0 aliphatic carbocycles. The van der Waals surface area contributed by atoms with E-state index in [4.69, 9.17) is 25.9 Å². The van der Waals surface area contributed by atoms with E-state index in [-0.39, 0.29) is 6.04 Å². The summed E-state index contributed by atoms with van der Waals surface area (Å²) in [5, 5.41) is 1.01. The van der Waals surface area contributed by atoms with Gasteiger partial charge in [-0.1, -0.05) is 6.92 Å². The molecule has 1 fully saturated rings. The number of rotatable bonds is 8. The number of benzene rings is 1. The number of urea groups is 1. The number of amides is 2. The number of nitrogen functional groups attached to an aromatic ring is 1. The summed E-state index contributed by atoms with van der Waals surface area (Å²) in [4.78, 5) is 22.6. The molecule has 1 aliphatic rings. The molecule has 0 unspecified atom stereocenters. The van der Waals surface area contributed by atoms with Crippen molar-refractivity contribution >= 4 is 33.8 Å². The van der Waals surface area contributed by atoms with Gasteiger partial charge in [-0.15, -0.1) is 0 Å². The monoisotopic (exact) mass is 454 g/mol. The van der Waals surface area contributed by atoms with Gasteiger partial charge in [0.15, 0.2) is 5.82 Å². The highest BCUT2D eigenvalue weighted by molar-refractivity contribution is 6.06. The molecule has 0 bridgehead atoms. The molecule has 9 heteroatoms. The van der Waals surface area contributed by atoms with Gasteiger partial charge < -0.3 is 30.4 Å². The summed E-state index contributed by atoms with van der Waals surface area (Å²) in [6.07, 6.45) is 2.93. The van der Waals surface area contributed by atoms with Crippen molar-refractivity contribution in [2.75, 3.05) is 32.1 Å². The minimum absolute atomic E-state index is 0.0150. The van der Waals surface area contributed by atoms with Crippen LogP contribution in [0, 0.1) is 5.92 Å². The summed E-state index contributed by atoms with van der Waals surface area (Å²) in [6, 6.07) is 5.41. The van der Waals surface area contributed by atoms with Crippen LogP contribution in [0.5, 0.6) is 5.75 Å². The summed E-state index contributed by atoms with van der Waals surface area (Å²) in [6.45, 7) is 9.24. The number of fused-ring (bicyclic) bond motifs is 3. The van der Waals surface area contributed by atoms with Crippen LogP contribution in [-0.4, -0.2) is 57.9 Å². The van der Waals surface area contributed by atoms with Gasteiger partial charge in [0.1, 0.15) is 23.7 Å². The highest BCUT2D eigenvalue weighted by Gasteiger charge is 2.21. The third-order valence-electron chi connectivity index (χ3n) is 6.36. The Labute approximate surface area is 194 Å². The summed E-state index contributed by atoms with van der Waals surface area (Å²) >= 11 is 0. The maximum atomic E-state index is 11.6. The lowest BCUT2D eigenvalue weighted by atomic mass is 10.00. The van der Waals surface area contributed by atoms with Gasteiger partial charge >= 0.3 is 6.03 Å². The molecule has 0 saturated carbocycles. The molecule has 4 N–H and O–H groups in total. The molecule has 1 aliphatic heterocycles. The highest BCUT2D eigenvalue weighted by Crippen LogP contribution is 2.32. The molecule has 3 aromatic rings. The van der Waals surface area contributed by atoms with Crippen molar-refractivity contribution in [3.05, 3.63) is 24.0 Å². The van der Waals surface area contributed by atoms with E-state index in [2.05, 4.69) is 16.5 Å². The van der Waals surface area contributed by atoms with Gasteiger partial charge in [-0.3, -0.25) is 0 Å². The van der Waals surface area contributed by atoms with Gasteiger partial charge in [-0.2, -0.15) is 0 Å². The van der Waals surface area contributed by atoms with Crippen molar-refractivity contribution in [1.82, 2.24) is 19.4 Å². The normalized spacial score (nSPS) is 14.9. The molecule has 0 radical (unpaired) electrons. The molecular formula is C24H34N6O3. The predicted octanol–water partition coefficient (Wildman–Crippen LogP) is 3.32. The standard InChI is InChI=1S/C24H34N6O3/c1-4-20-28-21-22(30(20)14-16-7-10-32-11-8-16)18-6-5-17(13-19(18)27-23(21)25)33-12-9-29(15(2)3)24(26)31/h5-6,13,15-16H,4,7-12,14H2,1-3H3,(H2,25,27)(H2,26,31). The van der Waals surface area contributed by atoms with Gasteiger partial charge in [0.2, 0.25) is 0 Å². The first kappa shape index (κ1) is 23.1. The number of nitrogens with two attached hydrogens (primary N) is 2. The summed E-state index contributed by atoms with van der Waals surface area (Å²) in [7, 11) is 0. The zero-order chi connectivity index (χ0) is 23.5. The minimum Gasteiger partial charge on any atom is -0.492 e. The third-order valence-corrected chi connectivity index (χ3v) is 6.36. The van der Waals surface area contributed by atoms with E-state index < -0.39 is 6.03 Å². The van der Waals surface area contributed by atoms with E-state index >= 15 is 0 Å². The molecule has 33 heavy (non-hydrogen) atoms. The molecule has 178 valence electrons. The van der Waals surface area contributed by atoms with Gasteiger partial charge in [0, 0.05) is 43.7 Å². The van der Waals surface area contributed by atoms with Crippen molar-refractivity contribution in [2.45, 2.75) is 52.6 Å². The molecule has 4 rings (SSSR count). The number of aryl methyl sites for hydroxylation is 1. The van der Waals surface area contributed by atoms with Gasteiger partial charge in [-0.25, -0.2) is 14.8 Å². The molecular weight excluding hydrogens is 420 g/mol. The minimum atomic E-state index is -0.450. The Kier molecular flexibility index (Phi) is 6.88. The fourth-order valence-corrected chi connectivity index (χ4v) is 4.57. The fraction of sp³-hybridized carbons (Fsp3) is 0.542. The molecule has 0 atom stereocenters. The quantitative estimate of drug-likeness (QED) is 0.538. The second-order valence-corrected chi connectivity index (χ2v) is 8.89. The summed E-state index contributed by atoms with van der Waals surface area (Å²) < 4.78 is 13.8. The van der Waals surface area contributed by atoms with Gasteiger partial charge in [0.25, 0.3) is 0 Å². The van der Waals surface area contributed by atoms with E-state index in [9.17, 15) is 4.79 Å². The Balaban J connectivity index is 1.64. The fourth-order valence-electron chi connectivity index (χ4n) is 4.57. The molecule has 2 amide bonds. The number of carbonyl (C=O) groups excluding carboxylic acids is 1. The first-order valence-corrected chi connectivity index (χ1v) is 11.7.